The van der Waals surface area contributed by atoms with Gasteiger partial charge in [0.1, 0.15) is 0 Å². The second-order valence-electron chi connectivity index (χ2n) is 3.46. The molecule has 0 fully saturated rings. The lowest BCUT2D eigenvalue weighted by Gasteiger charge is -2.09. The van der Waals surface area contributed by atoms with Gasteiger partial charge in [-0.1, -0.05) is 40.9 Å². The molecule has 0 atom stereocenters. The molecule has 0 bridgehead atoms. The first-order valence-corrected chi connectivity index (χ1v) is 6.07. The Morgan fingerprint density at radius 1 is 1.06 bits per heavy atom. The molecule has 88 valence electrons. The zero-order valence-electron chi connectivity index (χ0n) is 8.75. The largest absolute Gasteiger partial charge is 0.380 e. The van der Waals surface area contributed by atoms with Crippen molar-refractivity contribution >= 4 is 40.5 Å². The Labute approximate surface area is 115 Å². The number of rotatable bonds is 3. The fourth-order valence-corrected chi connectivity index (χ4v) is 1.97. The van der Waals surface area contributed by atoms with E-state index in [1.165, 1.54) is 0 Å². The zero-order valence-corrected chi connectivity index (χ0v) is 11.0. The first kappa shape index (κ1) is 12.5. The average molecular weight is 288 g/mol. The van der Waals surface area contributed by atoms with Crippen LogP contribution >= 0.6 is 34.8 Å². The summed E-state index contributed by atoms with van der Waals surface area (Å²) in [6.45, 7) is 0.630. The average Bonchev–Trinajstić information content (AvgIpc) is 2.33. The van der Waals surface area contributed by atoms with Crippen LogP contribution in [-0.2, 0) is 6.54 Å². The van der Waals surface area contributed by atoms with E-state index in [2.05, 4.69) is 10.3 Å². The van der Waals surface area contributed by atoms with Crippen molar-refractivity contribution in [2.75, 3.05) is 5.32 Å². The minimum absolute atomic E-state index is 0.448. The molecule has 2 nitrogen and oxygen atoms in total. The lowest BCUT2D eigenvalue weighted by atomic mass is 10.2. The Balaban J connectivity index is 2.12. The van der Waals surface area contributed by atoms with Crippen molar-refractivity contribution in [2.45, 2.75) is 6.54 Å². The van der Waals surface area contributed by atoms with Crippen molar-refractivity contribution in [1.82, 2.24) is 4.98 Å². The second-order valence-corrected chi connectivity index (χ2v) is 4.68. The van der Waals surface area contributed by atoms with Gasteiger partial charge in [0.15, 0.2) is 0 Å². The van der Waals surface area contributed by atoms with Gasteiger partial charge in [0.2, 0.25) is 0 Å². The Morgan fingerprint density at radius 2 is 1.82 bits per heavy atom. The van der Waals surface area contributed by atoms with Crippen LogP contribution in [0.2, 0.25) is 15.1 Å². The van der Waals surface area contributed by atoms with Crippen LogP contribution in [0.15, 0.2) is 36.7 Å². The minimum Gasteiger partial charge on any atom is -0.380 e. The number of halogens is 3. The standard InChI is InChI=1S/C12H9Cl3N2/c13-9-4-11(15)12(5-10(9)14)17-7-8-2-1-3-16-6-8/h1-6,17H,7H2. The highest BCUT2D eigenvalue weighted by molar-refractivity contribution is 6.44. The maximum Gasteiger partial charge on any atom is 0.0653 e. The molecule has 0 saturated heterocycles. The van der Waals surface area contributed by atoms with Crippen LogP contribution in [0.25, 0.3) is 0 Å². The molecule has 5 heteroatoms. The van der Waals surface area contributed by atoms with Crippen LogP contribution in [-0.4, -0.2) is 4.98 Å². The predicted octanol–water partition coefficient (Wildman–Crippen LogP) is 4.65. The van der Waals surface area contributed by atoms with Crippen LogP contribution in [0.1, 0.15) is 5.56 Å². The Morgan fingerprint density at radius 3 is 2.53 bits per heavy atom. The maximum atomic E-state index is 6.05. The van der Waals surface area contributed by atoms with Crippen LogP contribution < -0.4 is 5.32 Å². The van der Waals surface area contributed by atoms with Gasteiger partial charge >= 0.3 is 0 Å². The SMILES string of the molecule is Clc1cc(Cl)c(NCc2cccnc2)cc1Cl. The van der Waals surface area contributed by atoms with Crippen molar-refractivity contribution in [3.63, 3.8) is 0 Å². The molecule has 0 radical (unpaired) electrons. The van der Waals surface area contributed by atoms with Crippen molar-refractivity contribution in [3.05, 3.63) is 57.3 Å². The number of hydrogen-bond acceptors (Lipinski definition) is 2. The smallest absolute Gasteiger partial charge is 0.0653 e. The van der Waals surface area contributed by atoms with E-state index < -0.39 is 0 Å². The van der Waals surface area contributed by atoms with Gasteiger partial charge in [0.25, 0.3) is 0 Å². The summed E-state index contributed by atoms with van der Waals surface area (Å²) in [6.07, 6.45) is 3.52. The van der Waals surface area contributed by atoms with E-state index in [0.717, 1.165) is 11.3 Å². The van der Waals surface area contributed by atoms with Gasteiger partial charge in [-0.2, -0.15) is 0 Å². The molecular weight excluding hydrogens is 279 g/mol. The molecule has 0 aliphatic carbocycles. The molecule has 17 heavy (non-hydrogen) atoms. The lowest BCUT2D eigenvalue weighted by Crippen LogP contribution is -2.00. The van der Waals surface area contributed by atoms with E-state index in [1.54, 1.807) is 24.5 Å². The van der Waals surface area contributed by atoms with E-state index in [0.29, 0.717) is 21.6 Å². The van der Waals surface area contributed by atoms with E-state index in [1.807, 2.05) is 12.1 Å². The Kier molecular flexibility index (Phi) is 4.11. The molecule has 1 N–H and O–H groups in total. The van der Waals surface area contributed by atoms with Crippen molar-refractivity contribution in [1.29, 1.82) is 0 Å². The van der Waals surface area contributed by atoms with Gasteiger partial charge in [-0.3, -0.25) is 4.98 Å². The summed E-state index contributed by atoms with van der Waals surface area (Å²) in [6, 6.07) is 7.19. The molecule has 1 aromatic carbocycles. The quantitative estimate of drug-likeness (QED) is 0.831. The van der Waals surface area contributed by atoms with Gasteiger partial charge in [0.05, 0.1) is 20.8 Å². The molecule has 2 aromatic rings. The van der Waals surface area contributed by atoms with Crippen molar-refractivity contribution < 1.29 is 0 Å². The Bertz CT molecular complexity index is 515. The van der Waals surface area contributed by atoms with Gasteiger partial charge in [-0.25, -0.2) is 0 Å². The van der Waals surface area contributed by atoms with E-state index in [-0.39, 0.29) is 0 Å². The predicted molar refractivity (Wildman–Crippen MR) is 73.0 cm³/mol. The zero-order chi connectivity index (χ0) is 12.3. The first-order valence-electron chi connectivity index (χ1n) is 4.94. The number of pyridine rings is 1. The molecule has 0 aliphatic heterocycles. The highest BCUT2D eigenvalue weighted by atomic mass is 35.5. The summed E-state index contributed by atoms with van der Waals surface area (Å²) in [7, 11) is 0. The lowest BCUT2D eigenvalue weighted by molar-refractivity contribution is 1.11. The summed E-state index contributed by atoms with van der Waals surface area (Å²) in [5.41, 5.74) is 1.82. The number of aromatic nitrogens is 1. The minimum atomic E-state index is 0.448. The highest BCUT2D eigenvalue weighted by Crippen LogP contribution is 2.32. The van der Waals surface area contributed by atoms with Crippen molar-refractivity contribution in [2.24, 2.45) is 0 Å². The molecule has 0 aliphatic rings. The molecule has 0 unspecified atom stereocenters. The summed E-state index contributed by atoms with van der Waals surface area (Å²) in [4.78, 5) is 4.03. The Hall–Kier alpha value is -0.960. The van der Waals surface area contributed by atoms with Gasteiger partial charge < -0.3 is 5.32 Å². The van der Waals surface area contributed by atoms with Crippen molar-refractivity contribution in [3.8, 4) is 0 Å². The van der Waals surface area contributed by atoms with Crippen LogP contribution in [0.4, 0.5) is 5.69 Å². The van der Waals surface area contributed by atoms with E-state index in [9.17, 15) is 0 Å². The normalized spacial score (nSPS) is 10.3. The third-order valence-corrected chi connectivity index (χ3v) is 3.25. The molecule has 2 rings (SSSR count). The van der Waals surface area contributed by atoms with E-state index in [4.69, 9.17) is 34.8 Å². The monoisotopic (exact) mass is 286 g/mol. The third-order valence-electron chi connectivity index (χ3n) is 2.22. The van der Waals surface area contributed by atoms with E-state index >= 15 is 0 Å². The molecule has 0 amide bonds. The number of nitrogens with zero attached hydrogens (tertiary/aromatic N) is 1. The summed E-state index contributed by atoms with van der Waals surface area (Å²) in [5, 5.41) is 4.65. The third kappa shape index (κ3) is 3.25. The van der Waals surface area contributed by atoms with Gasteiger partial charge in [-0.15, -0.1) is 0 Å². The fourth-order valence-electron chi connectivity index (χ4n) is 1.36. The number of benzene rings is 1. The molecular formula is C12H9Cl3N2. The number of anilines is 1. The summed E-state index contributed by atoms with van der Waals surface area (Å²) < 4.78 is 0. The number of hydrogen-bond donors (Lipinski definition) is 1. The molecule has 0 saturated carbocycles. The molecule has 1 heterocycles. The van der Waals surface area contributed by atoms with Gasteiger partial charge in [0, 0.05) is 18.9 Å². The summed E-state index contributed by atoms with van der Waals surface area (Å²) >= 11 is 17.8. The van der Waals surface area contributed by atoms with Crippen LogP contribution in [0.3, 0.4) is 0 Å². The molecule has 0 spiro atoms. The molecule has 1 aromatic heterocycles. The fraction of sp³-hybridized carbons (Fsp3) is 0.0833. The topological polar surface area (TPSA) is 24.9 Å². The first-order chi connectivity index (χ1) is 8.16. The van der Waals surface area contributed by atoms with Crippen LogP contribution in [0.5, 0.6) is 0 Å². The second kappa shape index (κ2) is 5.58. The number of nitrogens with one attached hydrogen (secondary N) is 1. The highest BCUT2D eigenvalue weighted by Gasteiger charge is 2.05. The van der Waals surface area contributed by atoms with Gasteiger partial charge in [-0.05, 0) is 23.8 Å². The van der Waals surface area contributed by atoms with Crippen LogP contribution in [0, 0.1) is 0 Å². The maximum absolute atomic E-state index is 6.05. The summed E-state index contributed by atoms with van der Waals surface area (Å²) in [5.74, 6) is 0.